The van der Waals surface area contributed by atoms with Crippen LogP contribution in [0.2, 0.25) is 0 Å². The number of carbonyl (C=O) groups excluding carboxylic acids is 1. The molecule has 1 rings (SSSR count). The van der Waals surface area contributed by atoms with E-state index in [2.05, 4.69) is 15.9 Å². The number of nitro benzene ring substituents is 1. The molecule has 1 atom stereocenters. The van der Waals surface area contributed by atoms with Crippen LogP contribution in [0.15, 0.2) is 24.3 Å². The van der Waals surface area contributed by atoms with Crippen LogP contribution in [0, 0.1) is 10.1 Å². The van der Waals surface area contributed by atoms with Crippen LogP contribution >= 0.6 is 15.9 Å². The van der Waals surface area contributed by atoms with E-state index < -0.39 is 38.2 Å². The number of sulfone groups is 1. The van der Waals surface area contributed by atoms with Gasteiger partial charge in [0.1, 0.15) is 5.78 Å². The smallest absolute Gasteiger partial charge is 0.312 e. The van der Waals surface area contributed by atoms with Gasteiger partial charge in [0.2, 0.25) is 0 Å². The number of carbonyl (C=O) groups is 2. The summed E-state index contributed by atoms with van der Waals surface area (Å²) in [5.74, 6) is -4.10. The molecule has 8 nitrogen and oxygen atoms in total. The van der Waals surface area contributed by atoms with Crippen LogP contribution in [0.25, 0.3) is 0 Å². The fraction of sp³-hybridized carbons (Fsp3) is 0.385. The zero-order valence-electron chi connectivity index (χ0n) is 11.8. The van der Waals surface area contributed by atoms with E-state index >= 15 is 0 Å². The Kier molecular flexibility index (Phi) is 6.82. The molecule has 10 heteroatoms. The minimum absolute atomic E-state index is 0.0350. The van der Waals surface area contributed by atoms with Gasteiger partial charge in [-0.1, -0.05) is 28.1 Å². The number of Topliss-reactive ketones (excluding diaryl/α,β-unsaturated/α-hetero) is 1. The molecule has 0 heterocycles. The summed E-state index contributed by atoms with van der Waals surface area (Å²) in [5, 5.41) is 19.8. The largest absolute Gasteiger partial charge is 0.481 e. The highest BCUT2D eigenvalue weighted by atomic mass is 79.9. The van der Waals surface area contributed by atoms with E-state index in [0.29, 0.717) is 0 Å². The fourth-order valence-corrected chi connectivity index (χ4v) is 3.64. The van der Waals surface area contributed by atoms with E-state index in [1.54, 1.807) is 0 Å². The molecule has 1 N–H and O–H groups in total. The van der Waals surface area contributed by atoms with Crippen LogP contribution in [-0.4, -0.2) is 47.0 Å². The summed E-state index contributed by atoms with van der Waals surface area (Å²) in [6.07, 6.45) is -0.194. The van der Waals surface area contributed by atoms with Crippen molar-refractivity contribution in [2.45, 2.75) is 12.3 Å². The highest BCUT2D eigenvalue weighted by Crippen LogP contribution is 2.22. The molecule has 0 amide bonds. The molecule has 1 aromatic carbocycles. The van der Waals surface area contributed by atoms with Crippen molar-refractivity contribution in [3.05, 3.63) is 39.9 Å². The van der Waals surface area contributed by atoms with E-state index in [0.717, 1.165) is 12.1 Å². The van der Waals surface area contributed by atoms with Gasteiger partial charge in [0.15, 0.2) is 9.84 Å². The number of non-ortho nitro benzene ring substituents is 1. The number of ketones is 1. The molecule has 0 saturated carbocycles. The number of halogens is 1. The van der Waals surface area contributed by atoms with Gasteiger partial charge in [-0.05, 0) is 5.56 Å². The van der Waals surface area contributed by atoms with Gasteiger partial charge >= 0.3 is 5.97 Å². The molecule has 0 bridgehead atoms. The first kappa shape index (κ1) is 19.2. The van der Waals surface area contributed by atoms with E-state index in [4.69, 9.17) is 0 Å². The van der Waals surface area contributed by atoms with Crippen molar-refractivity contribution in [3.8, 4) is 0 Å². The summed E-state index contributed by atoms with van der Waals surface area (Å²) < 4.78 is 24.0. The molecular formula is C13H14BrNO7S. The maximum Gasteiger partial charge on any atom is 0.312 e. The molecule has 0 spiro atoms. The zero-order valence-corrected chi connectivity index (χ0v) is 14.2. The highest BCUT2D eigenvalue weighted by molar-refractivity contribution is 9.09. The van der Waals surface area contributed by atoms with Crippen LogP contribution < -0.4 is 0 Å². The zero-order chi connectivity index (χ0) is 17.6. The third-order valence-electron chi connectivity index (χ3n) is 3.07. The van der Waals surface area contributed by atoms with Crippen LogP contribution in [0.3, 0.4) is 0 Å². The molecular weight excluding hydrogens is 394 g/mol. The molecule has 0 fully saturated rings. The van der Waals surface area contributed by atoms with Crippen molar-refractivity contribution in [1.29, 1.82) is 0 Å². The molecule has 126 valence electrons. The van der Waals surface area contributed by atoms with Gasteiger partial charge in [0.25, 0.3) is 5.69 Å². The monoisotopic (exact) mass is 407 g/mol. The summed E-state index contributed by atoms with van der Waals surface area (Å²) in [6.45, 7) is 0. The number of rotatable bonds is 9. The van der Waals surface area contributed by atoms with Crippen LogP contribution in [-0.2, 0) is 19.4 Å². The predicted molar refractivity (Wildman–Crippen MR) is 85.5 cm³/mol. The van der Waals surface area contributed by atoms with Crippen molar-refractivity contribution >= 4 is 43.2 Å². The number of hydrogen-bond donors (Lipinski definition) is 1. The number of nitro groups is 1. The number of nitrogens with zero attached hydrogens (tertiary/aromatic N) is 1. The molecule has 0 aromatic heterocycles. The number of carboxylic acid groups (broad SMARTS) is 1. The Hall–Kier alpha value is -1.81. The van der Waals surface area contributed by atoms with Gasteiger partial charge in [0, 0.05) is 18.6 Å². The highest BCUT2D eigenvalue weighted by Gasteiger charge is 2.27. The van der Waals surface area contributed by atoms with Gasteiger partial charge in [0.05, 0.1) is 27.7 Å². The van der Waals surface area contributed by atoms with Gasteiger partial charge in [-0.15, -0.1) is 0 Å². The number of benzene rings is 1. The molecule has 0 radical (unpaired) electrons. The fourth-order valence-electron chi connectivity index (χ4n) is 1.81. The van der Waals surface area contributed by atoms with E-state index in [1.165, 1.54) is 12.1 Å². The molecule has 1 unspecified atom stereocenters. The SMILES string of the molecule is O=C(CBr)CCS(=O)(=O)CC(C(=O)O)c1ccc([N+](=O)[O-])cc1. The average Bonchev–Trinajstić information content (AvgIpc) is 2.50. The molecule has 0 aliphatic heterocycles. The second-order valence-electron chi connectivity index (χ2n) is 4.78. The van der Waals surface area contributed by atoms with E-state index in [1.807, 2.05) is 0 Å². The lowest BCUT2D eigenvalue weighted by Gasteiger charge is -2.13. The lowest BCUT2D eigenvalue weighted by molar-refractivity contribution is -0.384. The minimum atomic E-state index is -3.76. The lowest BCUT2D eigenvalue weighted by atomic mass is 10.0. The molecule has 1 aromatic rings. The summed E-state index contributed by atoms with van der Waals surface area (Å²) in [5.41, 5.74) is -0.0674. The third kappa shape index (κ3) is 6.06. The topological polar surface area (TPSA) is 132 Å². The van der Waals surface area contributed by atoms with Crippen LogP contribution in [0.1, 0.15) is 17.9 Å². The standard InChI is InChI=1S/C13H14BrNO7S/c14-7-11(16)5-6-23(21,22)8-12(13(17)18)9-1-3-10(4-2-9)15(19)20/h1-4,12H,5-8H2,(H,17,18). The molecule has 0 aliphatic carbocycles. The number of alkyl halides is 1. The van der Waals surface area contributed by atoms with Gasteiger partial charge < -0.3 is 5.11 Å². The van der Waals surface area contributed by atoms with Crippen LogP contribution in [0.4, 0.5) is 5.69 Å². The number of aliphatic carboxylic acids is 1. The first-order chi connectivity index (χ1) is 10.7. The Morgan fingerprint density at radius 1 is 1.26 bits per heavy atom. The van der Waals surface area contributed by atoms with Crippen molar-refractivity contribution < 1.29 is 28.0 Å². The third-order valence-corrected chi connectivity index (χ3v) is 5.36. The predicted octanol–water partition coefficient (Wildman–Crippen LogP) is 1.53. The van der Waals surface area contributed by atoms with Crippen molar-refractivity contribution in [2.24, 2.45) is 0 Å². The summed E-state index contributed by atoms with van der Waals surface area (Å²) in [4.78, 5) is 32.4. The maximum absolute atomic E-state index is 12.0. The van der Waals surface area contributed by atoms with Gasteiger partial charge in [-0.25, -0.2) is 8.42 Å². The molecule has 0 aliphatic rings. The Bertz CT molecular complexity index is 700. The minimum Gasteiger partial charge on any atom is -0.481 e. The summed E-state index contributed by atoms with van der Waals surface area (Å²) >= 11 is 2.92. The quantitative estimate of drug-likeness (QED) is 0.372. The van der Waals surface area contributed by atoms with Crippen LogP contribution in [0.5, 0.6) is 0 Å². The first-order valence-electron chi connectivity index (χ1n) is 6.41. The Balaban J connectivity index is 2.92. The summed E-state index contributed by atoms with van der Waals surface area (Å²) in [7, 11) is -3.76. The number of hydrogen-bond acceptors (Lipinski definition) is 6. The average molecular weight is 408 g/mol. The van der Waals surface area contributed by atoms with Gasteiger partial charge in [-0.3, -0.25) is 19.7 Å². The van der Waals surface area contributed by atoms with Crippen molar-refractivity contribution in [3.63, 3.8) is 0 Å². The summed E-state index contributed by atoms with van der Waals surface area (Å²) in [6, 6.07) is 4.67. The van der Waals surface area contributed by atoms with Crippen molar-refractivity contribution in [1.82, 2.24) is 0 Å². The van der Waals surface area contributed by atoms with Crippen molar-refractivity contribution in [2.75, 3.05) is 16.8 Å². The Morgan fingerprint density at radius 3 is 2.26 bits per heavy atom. The second kappa shape index (κ2) is 8.16. The molecule has 0 saturated heterocycles. The lowest BCUT2D eigenvalue weighted by Crippen LogP contribution is -2.24. The molecule has 23 heavy (non-hydrogen) atoms. The van der Waals surface area contributed by atoms with Gasteiger partial charge in [-0.2, -0.15) is 0 Å². The second-order valence-corrected chi connectivity index (χ2v) is 7.57. The number of carboxylic acids is 1. The first-order valence-corrected chi connectivity index (χ1v) is 9.36. The maximum atomic E-state index is 12.0. The van der Waals surface area contributed by atoms with E-state index in [-0.39, 0.29) is 28.8 Å². The Morgan fingerprint density at radius 2 is 1.83 bits per heavy atom. The normalized spacial score (nSPS) is 12.6. The van der Waals surface area contributed by atoms with E-state index in [9.17, 15) is 33.2 Å². The Labute approximate surface area is 140 Å².